The monoisotopic (exact) mass is 314 g/mol. The summed E-state index contributed by atoms with van der Waals surface area (Å²) in [6, 6.07) is 5.36. The minimum absolute atomic E-state index is 0.0969. The van der Waals surface area contributed by atoms with Crippen LogP contribution in [0.3, 0.4) is 0 Å². The number of ether oxygens (including phenoxy) is 1. The summed E-state index contributed by atoms with van der Waals surface area (Å²) in [7, 11) is -3.49. The highest BCUT2D eigenvalue weighted by molar-refractivity contribution is 7.89. The topological polar surface area (TPSA) is 67.4 Å². The first-order chi connectivity index (χ1) is 9.88. The Balaban J connectivity index is 2.78. The number of hydrogen-bond donors (Lipinski definition) is 2. The molecule has 0 heterocycles. The van der Waals surface area contributed by atoms with Crippen molar-refractivity contribution < 1.29 is 13.2 Å². The highest BCUT2D eigenvalue weighted by Gasteiger charge is 2.17. The smallest absolute Gasteiger partial charge is 0.240 e. The molecule has 0 unspecified atom stereocenters. The van der Waals surface area contributed by atoms with Gasteiger partial charge in [-0.3, -0.25) is 0 Å². The average molecular weight is 314 g/mol. The fourth-order valence-electron chi connectivity index (χ4n) is 1.95. The minimum Gasteiger partial charge on any atom is -0.377 e. The van der Waals surface area contributed by atoms with Gasteiger partial charge in [0.15, 0.2) is 0 Å². The lowest BCUT2D eigenvalue weighted by molar-refractivity contribution is 0.0834. The van der Waals surface area contributed by atoms with E-state index in [1.807, 2.05) is 33.8 Å². The maximum Gasteiger partial charge on any atom is 0.240 e. The van der Waals surface area contributed by atoms with E-state index in [9.17, 15) is 8.42 Å². The van der Waals surface area contributed by atoms with Gasteiger partial charge >= 0.3 is 0 Å². The number of sulfonamides is 1. The highest BCUT2D eigenvalue weighted by Crippen LogP contribution is 2.18. The van der Waals surface area contributed by atoms with Gasteiger partial charge in [-0.25, -0.2) is 13.1 Å². The van der Waals surface area contributed by atoms with Crippen LogP contribution in [0.15, 0.2) is 23.1 Å². The summed E-state index contributed by atoms with van der Waals surface area (Å²) in [5, 5.41) is 3.21. The molecule has 0 aliphatic rings. The normalized spacial score (nSPS) is 12.0. The van der Waals surface area contributed by atoms with Crippen LogP contribution in [0.4, 0.5) is 0 Å². The standard InChI is InChI=1S/C15H26N2O3S/c1-5-16-11-14-7-6-8-15(13(14)4)21(18,19)17-9-10-20-12(2)3/h6-8,12,16-17H,5,9-11H2,1-4H3. The number of nitrogens with one attached hydrogen (secondary N) is 2. The van der Waals surface area contributed by atoms with E-state index in [2.05, 4.69) is 10.0 Å². The third kappa shape index (κ3) is 5.74. The van der Waals surface area contributed by atoms with Gasteiger partial charge in [-0.2, -0.15) is 0 Å². The van der Waals surface area contributed by atoms with E-state index in [1.165, 1.54) is 0 Å². The van der Waals surface area contributed by atoms with Crippen molar-refractivity contribution in [1.29, 1.82) is 0 Å². The van der Waals surface area contributed by atoms with Crippen molar-refractivity contribution in [3.8, 4) is 0 Å². The fraction of sp³-hybridized carbons (Fsp3) is 0.600. The SMILES string of the molecule is CCNCc1cccc(S(=O)(=O)NCCOC(C)C)c1C. The van der Waals surface area contributed by atoms with Gasteiger partial charge in [-0.05, 0) is 44.5 Å². The number of benzene rings is 1. The molecule has 0 fully saturated rings. The molecule has 21 heavy (non-hydrogen) atoms. The molecule has 0 saturated heterocycles. The predicted octanol–water partition coefficient (Wildman–Crippen LogP) is 1.81. The maximum atomic E-state index is 12.3. The highest BCUT2D eigenvalue weighted by atomic mass is 32.2. The molecule has 1 rings (SSSR count). The van der Waals surface area contributed by atoms with Crippen molar-refractivity contribution in [2.24, 2.45) is 0 Å². The molecule has 0 amide bonds. The number of rotatable bonds is 9. The molecular weight excluding hydrogens is 288 g/mol. The molecule has 6 heteroatoms. The molecule has 120 valence electrons. The van der Waals surface area contributed by atoms with Crippen LogP contribution >= 0.6 is 0 Å². The first-order valence-corrected chi connectivity index (χ1v) is 8.77. The lowest BCUT2D eigenvalue weighted by Crippen LogP contribution is -2.29. The van der Waals surface area contributed by atoms with E-state index >= 15 is 0 Å². The quantitative estimate of drug-likeness (QED) is 0.682. The van der Waals surface area contributed by atoms with E-state index in [4.69, 9.17) is 4.74 Å². The Bertz CT molecular complexity index is 542. The molecule has 1 aromatic carbocycles. The summed E-state index contributed by atoms with van der Waals surface area (Å²) in [6.07, 6.45) is 0.0969. The van der Waals surface area contributed by atoms with E-state index in [0.29, 0.717) is 18.0 Å². The first kappa shape index (κ1) is 18.1. The summed E-state index contributed by atoms with van der Waals surface area (Å²) < 4.78 is 32.6. The first-order valence-electron chi connectivity index (χ1n) is 7.29. The van der Waals surface area contributed by atoms with E-state index in [0.717, 1.165) is 17.7 Å². The van der Waals surface area contributed by atoms with Crippen LogP contribution < -0.4 is 10.0 Å². The summed E-state index contributed by atoms with van der Waals surface area (Å²) in [4.78, 5) is 0.336. The van der Waals surface area contributed by atoms with Crippen molar-refractivity contribution in [1.82, 2.24) is 10.0 Å². The molecule has 0 radical (unpaired) electrons. The molecule has 0 saturated carbocycles. The third-order valence-electron chi connectivity index (χ3n) is 3.10. The second kappa shape index (κ2) is 8.48. The molecule has 2 N–H and O–H groups in total. The molecule has 0 aliphatic heterocycles. The van der Waals surface area contributed by atoms with Crippen molar-refractivity contribution in [2.75, 3.05) is 19.7 Å². The predicted molar refractivity (Wildman–Crippen MR) is 84.8 cm³/mol. The van der Waals surface area contributed by atoms with Crippen LogP contribution in [0, 0.1) is 6.92 Å². The molecule has 1 aromatic rings. The summed E-state index contributed by atoms with van der Waals surface area (Å²) in [5.74, 6) is 0. The van der Waals surface area contributed by atoms with Crippen LogP contribution in [0.2, 0.25) is 0 Å². The van der Waals surface area contributed by atoms with Crippen LogP contribution in [0.25, 0.3) is 0 Å². The summed E-state index contributed by atoms with van der Waals surface area (Å²) >= 11 is 0. The fourth-order valence-corrected chi connectivity index (χ4v) is 3.25. The lowest BCUT2D eigenvalue weighted by Gasteiger charge is -2.13. The Kier molecular flexibility index (Phi) is 7.31. The Morgan fingerprint density at radius 2 is 2.00 bits per heavy atom. The van der Waals surface area contributed by atoms with Crippen LogP contribution in [0.5, 0.6) is 0 Å². The lowest BCUT2D eigenvalue weighted by atomic mass is 10.1. The molecule has 0 aliphatic carbocycles. The van der Waals surface area contributed by atoms with Gasteiger partial charge in [0.25, 0.3) is 0 Å². The second-order valence-corrected chi connectivity index (χ2v) is 6.87. The Morgan fingerprint density at radius 3 is 2.62 bits per heavy atom. The largest absolute Gasteiger partial charge is 0.377 e. The Hall–Kier alpha value is -0.950. The molecule has 5 nitrogen and oxygen atoms in total. The molecule has 0 spiro atoms. The van der Waals surface area contributed by atoms with Crippen LogP contribution in [0.1, 0.15) is 31.9 Å². The van der Waals surface area contributed by atoms with E-state index < -0.39 is 10.0 Å². The third-order valence-corrected chi connectivity index (χ3v) is 4.70. The van der Waals surface area contributed by atoms with Gasteiger partial charge in [-0.15, -0.1) is 0 Å². The molecular formula is C15H26N2O3S. The average Bonchev–Trinajstić information content (AvgIpc) is 2.42. The van der Waals surface area contributed by atoms with Crippen molar-refractivity contribution in [3.63, 3.8) is 0 Å². The van der Waals surface area contributed by atoms with Crippen molar-refractivity contribution >= 4 is 10.0 Å². The minimum atomic E-state index is -3.49. The maximum absolute atomic E-state index is 12.3. The van der Waals surface area contributed by atoms with E-state index in [1.54, 1.807) is 12.1 Å². The van der Waals surface area contributed by atoms with Gasteiger partial charge in [0.05, 0.1) is 17.6 Å². The Labute approximate surface area is 128 Å². The van der Waals surface area contributed by atoms with Crippen molar-refractivity contribution in [2.45, 2.75) is 45.2 Å². The second-order valence-electron chi connectivity index (χ2n) is 5.14. The molecule has 0 bridgehead atoms. The molecule has 0 aromatic heterocycles. The van der Waals surface area contributed by atoms with Gasteiger partial charge < -0.3 is 10.1 Å². The Morgan fingerprint density at radius 1 is 1.29 bits per heavy atom. The summed E-state index contributed by atoms with van der Waals surface area (Å²) in [6.45, 7) is 9.86. The van der Waals surface area contributed by atoms with Gasteiger partial charge in [0.1, 0.15) is 0 Å². The molecule has 0 atom stereocenters. The summed E-state index contributed by atoms with van der Waals surface area (Å²) in [5.41, 5.74) is 1.79. The van der Waals surface area contributed by atoms with Gasteiger partial charge in [0.2, 0.25) is 10.0 Å². The zero-order chi connectivity index (χ0) is 15.9. The van der Waals surface area contributed by atoms with E-state index in [-0.39, 0.29) is 12.6 Å². The number of hydrogen-bond acceptors (Lipinski definition) is 4. The zero-order valence-corrected chi connectivity index (χ0v) is 14.1. The van der Waals surface area contributed by atoms with Crippen LogP contribution in [-0.4, -0.2) is 34.2 Å². The van der Waals surface area contributed by atoms with Crippen molar-refractivity contribution in [3.05, 3.63) is 29.3 Å². The van der Waals surface area contributed by atoms with Gasteiger partial charge in [0, 0.05) is 13.1 Å². The zero-order valence-electron chi connectivity index (χ0n) is 13.3. The van der Waals surface area contributed by atoms with Crippen LogP contribution in [-0.2, 0) is 21.3 Å². The van der Waals surface area contributed by atoms with Gasteiger partial charge in [-0.1, -0.05) is 19.1 Å².